The molecule has 1 heterocycles. The molecule has 132 valence electrons. The molecule has 0 saturated heterocycles. The van der Waals surface area contributed by atoms with Gasteiger partial charge >= 0.3 is 5.69 Å². The fourth-order valence-electron chi connectivity index (χ4n) is 2.16. The van der Waals surface area contributed by atoms with Crippen LogP contribution in [0.4, 0.5) is 33.1 Å². The number of nitrogens with zero attached hydrogens (tertiary/aromatic N) is 3. The second-order valence-corrected chi connectivity index (χ2v) is 6.89. The van der Waals surface area contributed by atoms with Crippen LogP contribution in [0, 0.1) is 15.9 Å². The van der Waals surface area contributed by atoms with E-state index < -0.39 is 16.4 Å². The lowest BCUT2D eigenvalue weighted by molar-refractivity contribution is -0.383. The summed E-state index contributed by atoms with van der Waals surface area (Å²) in [5.74, 6) is -0.708. The second-order valence-electron chi connectivity index (χ2n) is 5.06. The molecule has 0 saturated carbocycles. The maximum atomic E-state index is 14.0. The summed E-state index contributed by atoms with van der Waals surface area (Å²) >= 11 is 6.49. The van der Waals surface area contributed by atoms with Crippen molar-refractivity contribution in [3.8, 4) is 0 Å². The Balaban J connectivity index is 1.99. The van der Waals surface area contributed by atoms with Crippen LogP contribution in [0.5, 0.6) is 0 Å². The standard InChI is InChI=1S/C16H10Br2FN5O2/c17-9-2-1-3-11(6-9)22-15-14(24(25)26)16(21-8-20-15)23-13-5-4-10(18)7-12(13)19/h1-8H,(H2,20,21,22,23). The van der Waals surface area contributed by atoms with Crippen molar-refractivity contribution in [3.05, 3.63) is 73.7 Å². The van der Waals surface area contributed by atoms with Crippen molar-refractivity contribution in [2.75, 3.05) is 10.6 Å². The summed E-state index contributed by atoms with van der Waals surface area (Å²) in [7, 11) is 0. The molecule has 0 aliphatic heterocycles. The fraction of sp³-hybridized carbons (Fsp3) is 0. The van der Waals surface area contributed by atoms with Crippen LogP contribution in [0.3, 0.4) is 0 Å². The van der Waals surface area contributed by atoms with Crippen molar-refractivity contribution < 1.29 is 9.31 Å². The zero-order valence-corrected chi connectivity index (χ0v) is 16.1. The Hall–Kier alpha value is -2.59. The molecule has 7 nitrogen and oxygen atoms in total. The van der Waals surface area contributed by atoms with Crippen LogP contribution in [0.15, 0.2) is 57.7 Å². The molecule has 0 unspecified atom stereocenters. The number of halogens is 3. The molecule has 10 heteroatoms. The zero-order valence-electron chi connectivity index (χ0n) is 12.9. The molecule has 3 aromatic rings. The number of hydrogen-bond acceptors (Lipinski definition) is 6. The Morgan fingerprint density at radius 3 is 2.35 bits per heavy atom. The largest absolute Gasteiger partial charge is 0.353 e. The van der Waals surface area contributed by atoms with Crippen LogP contribution in [0.2, 0.25) is 0 Å². The van der Waals surface area contributed by atoms with Crippen LogP contribution >= 0.6 is 31.9 Å². The minimum atomic E-state index is -0.626. The number of benzene rings is 2. The number of hydrogen-bond donors (Lipinski definition) is 2. The van der Waals surface area contributed by atoms with Gasteiger partial charge in [0.05, 0.1) is 10.6 Å². The normalized spacial score (nSPS) is 10.4. The minimum Gasteiger partial charge on any atom is -0.334 e. The Kier molecular flexibility index (Phi) is 5.43. The van der Waals surface area contributed by atoms with Crippen molar-refractivity contribution >= 4 is 60.6 Å². The van der Waals surface area contributed by atoms with Crippen LogP contribution in [0.25, 0.3) is 0 Å². The van der Waals surface area contributed by atoms with E-state index in [1.165, 1.54) is 12.1 Å². The van der Waals surface area contributed by atoms with Gasteiger partial charge in [-0.25, -0.2) is 14.4 Å². The van der Waals surface area contributed by atoms with E-state index in [-0.39, 0.29) is 17.3 Å². The lowest BCUT2D eigenvalue weighted by atomic mass is 10.3. The number of anilines is 4. The van der Waals surface area contributed by atoms with E-state index in [4.69, 9.17) is 0 Å². The SMILES string of the molecule is O=[N+]([O-])c1c(Nc2cccc(Br)c2)ncnc1Nc1ccc(Br)cc1F. The van der Waals surface area contributed by atoms with E-state index in [1.807, 2.05) is 6.07 Å². The first-order valence-electron chi connectivity index (χ1n) is 7.18. The van der Waals surface area contributed by atoms with Crippen molar-refractivity contribution in [2.24, 2.45) is 0 Å². The zero-order chi connectivity index (χ0) is 18.7. The van der Waals surface area contributed by atoms with Gasteiger partial charge in [0.15, 0.2) is 0 Å². The molecule has 2 N–H and O–H groups in total. The first-order chi connectivity index (χ1) is 12.4. The first-order valence-corrected chi connectivity index (χ1v) is 8.76. The summed E-state index contributed by atoms with van der Waals surface area (Å²) in [5, 5.41) is 17.1. The van der Waals surface area contributed by atoms with Gasteiger partial charge in [0.2, 0.25) is 11.6 Å². The molecular weight excluding hydrogens is 473 g/mol. The topological polar surface area (TPSA) is 93.0 Å². The summed E-state index contributed by atoms with van der Waals surface area (Å²) in [4.78, 5) is 18.8. The molecule has 0 aliphatic carbocycles. The van der Waals surface area contributed by atoms with Crippen molar-refractivity contribution in [1.29, 1.82) is 0 Å². The monoisotopic (exact) mass is 481 g/mol. The van der Waals surface area contributed by atoms with Gasteiger partial charge in [0.25, 0.3) is 0 Å². The average Bonchev–Trinajstić information content (AvgIpc) is 2.57. The third kappa shape index (κ3) is 4.14. The summed E-state index contributed by atoms with van der Waals surface area (Å²) < 4.78 is 15.4. The molecule has 0 aliphatic rings. The lowest BCUT2D eigenvalue weighted by Crippen LogP contribution is -2.06. The molecule has 2 aromatic carbocycles. The molecule has 0 bridgehead atoms. The fourth-order valence-corrected chi connectivity index (χ4v) is 2.89. The molecule has 0 atom stereocenters. The van der Waals surface area contributed by atoms with E-state index in [9.17, 15) is 14.5 Å². The van der Waals surface area contributed by atoms with E-state index in [0.29, 0.717) is 10.2 Å². The van der Waals surface area contributed by atoms with Gasteiger partial charge in [-0.15, -0.1) is 0 Å². The molecule has 26 heavy (non-hydrogen) atoms. The van der Waals surface area contributed by atoms with Gasteiger partial charge in [0, 0.05) is 14.6 Å². The third-order valence-corrected chi connectivity index (χ3v) is 4.26. The smallest absolute Gasteiger partial charge is 0.334 e. The quantitative estimate of drug-likeness (QED) is 0.366. The minimum absolute atomic E-state index is 0.0110. The van der Waals surface area contributed by atoms with Gasteiger partial charge < -0.3 is 10.6 Å². The van der Waals surface area contributed by atoms with Gasteiger partial charge in [-0.3, -0.25) is 10.1 Å². The Bertz CT molecular complexity index is 987. The number of nitro groups is 1. The lowest BCUT2D eigenvalue weighted by Gasteiger charge is -2.11. The van der Waals surface area contributed by atoms with Crippen molar-refractivity contribution in [1.82, 2.24) is 9.97 Å². The molecular formula is C16H10Br2FN5O2. The predicted octanol–water partition coefficient (Wildman–Crippen LogP) is 5.54. The van der Waals surface area contributed by atoms with Gasteiger partial charge in [0.1, 0.15) is 12.1 Å². The van der Waals surface area contributed by atoms with E-state index >= 15 is 0 Å². The summed E-state index contributed by atoms with van der Waals surface area (Å²) in [6.45, 7) is 0. The van der Waals surface area contributed by atoms with E-state index in [2.05, 4.69) is 52.5 Å². The summed E-state index contributed by atoms with van der Waals surface area (Å²) in [5.41, 5.74) is 0.264. The summed E-state index contributed by atoms with van der Waals surface area (Å²) in [6, 6.07) is 11.4. The van der Waals surface area contributed by atoms with Crippen molar-refractivity contribution in [3.63, 3.8) is 0 Å². The molecule has 0 fully saturated rings. The van der Waals surface area contributed by atoms with Gasteiger partial charge in [-0.2, -0.15) is 0 Å². The number of nitrogens with one attached hydrogen (secondary N) is 2. The maximum absolute atomic E-state index is 14.0. The molecule has 1 aromatic heterocycles. The average molecular weight is 483 g/mol. The highest BCUT2D eigenvalue weighted by Gasteiger charge is 2.24. The molecule has 3 rings (SSSR count). The van der Waals surface area contributed by atoms with Crippen molar-refractivity contribution in [2.45, 2.75) is 0 Å². The summed E-state index contributed by atoms with van der Waals surface area (Å²) in [6.07, 6.45) is 1.16. The third-order valence-electron chi connectivity index (χ3n) is 3.28. The van der Waals surface area contributed by atoms with Crippen LogP contribution in [0.1, 0.15) is 0 Å². The Labute approximate surface area is 164 Å². The van der Waals surface area contributed by atoms with Crippen LogP contribution < -0.4 is 10.6 Å². The van der Waals surface area contributed by atoms with E-state index in [0.717, 1.165) is 10.8 Å². The van der Waals surface area contributed by atoms with Gasteiger partial charge in [-0.1, -0.05) is 37.9 Å². The Morgan fingerprint density at radius 1 is 1.00 bits per heavy atom. The molecule has 0 amide bonds. The Morgan fingerprint density at radius 2 is 1.69 bits per heavy atom. The van der Waals surface area contributed by atoms with Crippen LogP contribution in [-0.4, -0.2) is 14.9 Å². The second kappa shape index (κ2) is 7.75. The predicted molar refractivity (Wildman–Crippen MR) is 103 cm³/mol. The highest BCUT2D eigenvalue weighted by Crippen LogP contribution is 2.34. The maximum Gasteiger partial charge on any atom is 0.353 e. The van der Waals surface area contributed by atoms with Crippen LogP contribution in [-0.2, 0) is 0 Å². The molecule has 0 radical (unpaired) electrons. The number of rotatable bonds is 5. The van der Waals surface area contributed by atoms with E-state index in [1.54, 1.807) is 24.3 Å². The highest BCUT2D eigenvalue weighted by molar-refractivity contribution is 9.10. The van der Waals surface area contributed by atoms with Gasteiger partial charge in [-0.05, 0) is 36.4 Å². The first kappa shape index (κ1) is 18.2. The number of aromatic nitrogens is 2. The molecule has 0 spiro atoms. The highest BCUT2D eigenvalue weighted by atomic mass is 79.9.